The molecule has 1 aromatic rings. The first-order chi connectivity index (χ1) is 9.53. The van der Waals surface area contributed by atoms with Crippen LogP contribution in [-0.4, -0.2) is 29.0 Å². The van der Waals surface area contributed by atoms with Crippen LogP contribution in [-0.2, 0) is 4.74 Å². The van der Waals surface area contributed by atoms with E-state index < -0.39 is 10.9 Å². The van der Waals surface area contributed by atoms with Crippen molar-refractivity contribution in [2.75, 3.05) is 12.4 Å². The van der Waals surface area contributed by atoms with Crippen molar-refractivity contribution in [2.24, 2.45) is 0 Å². The number of carbonyl (C=O) groups is 1. The minimum Gasteiger partial charge on any atom is -0.464 e. The van der Waals surface area contributed by atoms with Gasteiger partial charge in [-0.1, -0.05) is 6.92 Å². The predicted molar refractivity (Wildman–Crippen MR) is 73.4 cm³/mol. The number of pyridine rings is 1. The molecule has 7 nitrogen and oxygen atoms in total. The molecule has 0 aliphatic heterocycles. The van der Waals surface area contributed by atoms with Crippen LogP contribution in [0, 0.1) is 22.5 Å². The van der Waals surface area contributed by atoms with Crippen LogP contribution < -0.4 is 5.32 Å². The van der Waals surface area contributed by atoms with Gasteiger partial charge in [-0.3, -0.25) is 10.1 Å². The van der Waals surface area contributed by atoms with Crippen LogP contribution in [0.2, 0.25) is 0 Å². The molecule has 1 heterocycles. The van der Waals surface area contributed by atoms with Gasteiger partial charge in [0.1, 0.15) is 0 Å². The molecule has 0 saturated carbocycles. The van der Waals surface area contributed by atoms with E-state index in [1.54, 1.807) is 0 Å². The summed E-state index contributed by atoms with van der Waals surface area (Å²) in [5.41, 5.74) is -0.218. The van der Waals surface area contributed by atoms with Gasteiger partial charge in [-0.15, -0.1) is 12.3 Å². The van der Waals surface area contributed by atoms with Crippen molar-refractivity contribution in [3.63, 3.8) is 0 Å². The minimum atomic E-state index is -0.659. The van der Waals surface area contributed by atoms with Crippen molar-refractivity contribution in [3.8, 4) is 12.3 Å². The van der Waals surface area contributed by atoms with E-state index in [2.05, 4.69) is 21.0 Å². The normalized spacial score (nSPS) is 11.2. The largest absolute Gasteiger partial charge is 0.464 e. The number of nitrogens with one attached hydrogen (secondary N) is 1. The van der Waals surface area contributed by atoms with Gasteiger partial charge >= 0.3 is 11.7 Å². The van der Waals surface area contributed by atoms with E-state index in [-0.39, 0.29) is 23.2 Å². The molecule has 20 heavy (non-hydrogen) atoms. The van der Waals surface area contributed by atoms with E-state index in [4.69, 9.17) is 6.42 Å². The van der Waals surface area contributed by atoms with Gasteiger partial charge in [-0.05, 0) is 12.5 Å². The molecule has 0 fully saturated rings. The van der Waals surface area contributed by atoms with Gasteiger partial charge in [0, 0.05) is 18.5 Å². The highest BCUT2D eigenvalue weighted by Gasteiger charge is 2.20. The standard InChI is InChI=1S/C13H15N3O4/c1-4-6-9(5-2)14-12-11(16(18)19)8-7-10(15-12)13(17)20-3/h1,7-9H,5-6H2,2-3H3,(H,14,15). The highest BCUT2D eigenvalue weighted by molar-refractivity contribution is 5.88. The quantitative estimate of drug-likeness (QED) is 0.370. The molecule has 1 unspecified atom stereocenters. The number of esters is 1. The average molecular weight is 277 g/mol. The van der Waals surface area contributed by atoms with E-state index >= 15 is 0 Å². The Hall–Kier alpha value is -2.62. The van der Waals surface area contributed by atoms with Crippen LogP contribution in [0.4, 0.5) is 11.5 Å². The first kappa shape index (κ1) is 15.4. The Labute approximate surface area is 116 Å². The predicted octanol–water partition coefficient (Wildman–Crippen LogP) is 1.99. The molecule has 0 aromatic carbocycles. The fourth-order valence-corrected chi connectivity index (χ4v) is 1.56. The highest BCUT2D eigenvalue weighted by atomic mass is 16.6. The number of nitrogens with zero attached hydrogens (tertiary/aromatic N) is 2. The Morgan fingerprint density at radius 3 is 2.85 bits per heavy atom. The summed E-state index contributed by atoms with van der Waals surface area (Å²) in [4.78, 5) is 25.8. The number of anilines is 1. The molecule has 0 radical (unpaired) electrons. The Morgan fingerprint density at radius 1 is 1.65 bits per heavy atom. The maximum absolute atomic E-state index is 11.4. The second-order valence-corrected chi connectivity index (χ2v) is 3.97. The van der Waals surface area contributed by atoms with Gasteiger partial charge in [0.2, 0.25) is 5.82 Å². The van der Waals surface area contributed by atoms with E-state index in [1.807, 2.05) is 6.92 Å². The molecule has 1 aromatic heterocycles. The van der Waals surface area contributed by atoms with E-state index in [0.29, 0.717) is 12.8 Å². The molecule has 106 valence electrons. The fourth-order valence-electron chi connectivity index (χ4n) is 1.56. The third-order valence-corrected chi connectivity index (χ3v) is 2.66. The second-order valence-electron chi connectivity index (χ2n) is 3.97. The number of rotatable bonds is 6. The SMILES string of the molecule is C#CCC(CC)Nc1nc(C(=O)OC)ccc1[N+](=O)[O-]. The van der Waals surface area contributed by atoms with Crippen LogP contribution in [0.1, 0.15) is 30.3 Å². The Kier molecular flexibility index (Phi) is 5.47. The zero-order valence-corrected chi connectivity index (χ0v) is 11.3. The second kappa shape index (κ2) is 7.09. The van der Waals surface area contributed by atoms with Gasteiger partial charge < -0.3 is 10.1 Å². The summed E-state index contributed by atoms with van der Waals surface area (Å²) >= 11 is 0. The van der Waals surface area contributed by atoms with E-state index in [1.165, 1.54) is 19.2 Å². The Balaban J connectivity index is 3.15. The molecule has 0 saturated heterocycles. The third kappa shape index (κ3) is 3.68. The molecule has 0 aliphatic rings. The maximum atomic E-state index is 11.4. The monoisotopic (exact) mass is 277 g/mol. The number of methoxy groups -OCH3 is 1. The lowest BCUT2D eigenvalue weighted by molar-refractivity contribution is -0.384. The lowest BCUT2D eigenvalue weighted by Crippen LogP contribution is -2.20. The minimum absolute atomic E-state index is 0.00355. The van der Waals surface area contributed by atoms with Crippen LogP contribution >= 0.6 is 0 Å². The van der Waals surface area contributed by atoms with Gasteiger partial charge in [-0.2, -0.15) is 0 Å². The van der Waals surface area contributed by atoms with Crippen LogP contribution in [0.3, 0.4) is 0 Å². The molecule has 1 atom stereocenters. The van der Waals surface area contributed by atoms with Crippen LogP contribution in [0.25, 0.3) is 0 Å². The fraction of sp³-hybridized carbons (Fsp3) is 0.385. The molecule has 1 rings (SSSR count). The van der Waals surface area contributed by atoms with Crippen molar-refractivity contribution in [1.82, 2.24) is 4.98 Å². The number of aromatic nitrogens is 1. The van der Waals surface area contributed by atoms with Crippen LogP contribution in [0.15, 0.2) is 12.1 Å². The Bertz CT molecular complexity index is 551. The first-order valence-corrected chi connectivity index (χ1v) is 5.97. The summed E-state index contributed by atoms with van der Waals surface area (Å²) in [6.07, 6.45) is 6.31. The number of ether oxygens (including phenoxy) is 1. The molecule has 0 aliphatic carbocycles. The van der Waals surface area contributed by atoms with Crippen molar-refractivity contribution in [1.29, 1.82) is 0 Å². The topological polar surface area (TPSA) is 94.4 Å². The zero-order chi connectivity index (χ0) is 15.1. The number of nitro groups is 1. The summed E-state index contributed by atoms with van der Waals surface area (Å²) in [7, 11) is 1.21. The van der Waals surface area contributed by atoms with Crippen molar-refractivity contribution in [3.05, 3.63) is 27.9 Å². The number of terminal acetylenes is 1. The lowest BCUT2D eigenvalue weighted by Gasteiger charge is -2.15. The molecule has 0 bridgehead atoms. The van der Waals surface area contributed by atoms with Crippen molar-refractivity contribution >= 4 is 17.5 Å². The summed E-state index contributed by atoms with van der Waals surface area (Å²) in [5.74, 6) is 1.84. The molecule has 7 heteroatoms. The molecular weight excluding hydrogens is 262 g/mol. The molecular formula is C13H15N3O4. The average Bonchev–Trinajstić information content (AvgIpc) is 2.45. The number of hydrogen-bond acceptors (Lipinski definition) is 6. The van der Waals surface area contributed by atoms with Gasteiger partial charge in [0.25, 0.3) is 0 Å². The summed E-state index contributed by atoms with van der Waals surface area (Å²) in [6.45, 7) is 1.89. The van der Waals surface area contributed by atoms with Crippen molar-refractivity contribution in [2.45, 2.75) is 25.8 Å². The maximum Gasteiger partial charge on any atom is 0.356 e. The lowest BCUT2D eigenvalue weighted by atomic mass is 10.1. The van der Waals surface area contributed by atoms with Gasteiger partial charge in [0.15, 0.2) is 5.69 Å². The van der Waals surface area contributed by atoms with Crippen molar-refractivity contribution < 1.29 is 14.5 Å². The molecule has 1 N–H and O–H groups in total. The van der Waals surface area contributed by atoms with E-state index in [0.717, 1.165) is 0 Å². The zero-order valence-electron chi connectivity index (χ0n) is 11.3. The van der Waals surface area contributed by atoms with Crippen LogP contribution in [0.5, 0.6) is 0 Å². The number of carbonyl (C=O) groups excluding carboxylic acids is 1. The molecule has 0 amide bonds. The van der Waals surface area contributed by atoms with Gasteiger partial charge in [-0.25, -0.2) is 9.78 Å². The third-order valence-electron chi connectivity index (χ3n) is 2.66. The van der Waals surface area contributed by atoms with E-state index in [9.17, 15) is 14.9 Å². The smallest absolute Gasteiger partial charge is 0.356 e. The highest BCUT2D eigenvalue weighted by Crippen LogP contribution is 2.24. The van der Waals surface area contributed by atoms with Gasteiger partial charge in [0.05, 0.1) is 12.0 Å². The first-order valence-electron chi connectivity index (χ1n) is 5.97. The summed E-state index contributed by atoms with van der Waals surface area (Å²) in [5, 5.41) is 13.9. The summed E-state index contributed by atoms with van der Waals surface area (Å²) < 4.78 is 4.54. The molecule has 0 spiro atoms. The Morgan fingerprint density at radius 2 is 2.35 bits per heavy atom. The number of hydrogen-bond donors (Lipinski definition) is 1. The summed E-state index contributed by atoms with van der Waals surface area (Å²) in [6, 6.07) is 2.31.